The molecule has 2 aliphatic rings. The highest BCUT2D eigenvalue weighted by molar-refractivity contribution is 6.13. The summed E-state index contributed by atoms with van der Waals surface area (Å²) in [5.41, 5.74) is 16.3. The average Bonchev–Trinajstić information content (AvgIpc) is 3.84. The van der Waals surface area contributed by atoms with E-state index >= 15 is 0 Å². The molecule has 0 saturated carbocycles. The highest BCUT2D eigenvalue weighted by Gasteiger charge is 2.38. The van der Waals surface area contributed by atoms with Crippen LogP contribution in [0.4, 0.5) is 0 Å². The molecule has 254 valence electrons. The third-order valence-corrected chi connectivity index (χ3v) is 12.6. The van der Waals surface area contributed by atoms with Gasteiger partial charge in [0, 0.05) is 32.4 Å². The van der Waals surface area contributed by atoms with Crippen molar-refractivity contribution in [1.82, 2.24) is 9.13 Å². The fourth-order valence-corrected chi connectivity index (χ4v) is 9.99. The molecule has 0 aliphatic heterocycles. The Balaban J connectivity index is 1.25. The molecule has 0 atom stereocenters. The standard InChI is InChI=1S/C50H34N4/c1-49(2)39-17-9-5-13-30(39)34-23-36-32-15-7-11-19-43(32)53(47(36)25-41(34)49)45-21-29(27-51)22-46(38(45)28-52)54-44-20-12-8-16-33(44)37-24-35-31-14-6-10-18-40(31)50(3,4)42(35)26-48(37)54/h5-26H,1-4H3. The topological polar surface area (TPSA) is 57.4 Å². The fraction of sp³-hybridized carbons (Fsp3) is 0.120. The SMILES string of the molecule is CC1(C)c2ccccc2-c2cc3c4ccccc4n(-c4cc(C#N)cc(-n5c6ccccc6c6cc7c(cc65)C(C)(C)c5ccccc5-7)c4C#N)c3cc21. The smallest absolute Gasteiger partial charge is 0.104 e. The minimum atomic E-state index is -0.199. The lowest BCUT2D eigenvalue weighted by Gasteiger charge is -2.22. The Labute approximate surface area is 313 Å². The zero-order valence-corrected chi connectivity index (χ0v) is 30.5. The molecular weight excluding hydrogens is 657 g/mol. The Bertz CT molecular complexity index is 3040. The third kappa shape index (κ3) is 3.75. The number of fused-ring (bicyclic) bond motifs is 12. The molecule has 4 nitrogen and oxygen atoms in total. The van der Waals surface area contributed by atoms with E-state index in [4.69, 9.17) is 0 Å². The van der Waals surface area contributed by atoms with Crippen molar-refractivity contribution in [1.29, 1.82) is 10.5 Å². The van der Waals surface area contributed by atoms with Gasteiger partial charge in [0.2, 0.25) is 0 Å². The summed E-state index contributed by atoms with van der Waals surface area (Å²) in [7, 11) is 0. The summed E-state index contributed by atoms with van der Waals surface area (Å²) < 4.78 is 4.44. The Hall–Kier alpha value is -6.88. The number of benzene rings is 7. The van der Waals surface area contributed by atoms with Gasteiger partial charge in [-0.1, -0.05) is 113 Å². The van der Waals surface area contributed by atoms with Gasteiger partial charge in [-0.3, -0.25) is 0 Å². The van der Waals surface area contributed by atoms with Crippen molar-refractivity contribution in [3.63, 3.8) is 0 Å². The maximum Gasteiger partial charge on any atom is 0.104 e. The molecule has 0 N–H and O–H groups in total. The van der Waals surface area contributed by atoms with Gasteiger partial charge in [0.15, 0.2) is 0 Å². The van der Waals surface area contributed by atoms with Crippen molar-refractivity contribution in [3.8, 4) is 45.8 Å². The Morgan fingerprint density at radius 1 is 0.407 bits per heavy atom. The normalized spacial score (nSPS) is 14.6. The molecule has 0 spiro atoms. The van der Waals surface area contributed by atoms with Gasteiger partial charge in [0.1, 0.15) is 11.6 Å². The summed E-state index contributed by atoms with van der Waals surface area (Å²) in [6.07, 6.45) is 0. The van der Waals surface area contributed by atoms with E-state index in [1.54, 1.807) is 0 Å². The van der Waals surface area contributed by atoms with Crippen LogP contribution in [0.1, 0.15) is 61.1 Å². The first-order valence-electron chi connectivity index (χ1n) is 18.6. The van der Waals surface area contributed by atoms with E-state index in [1.165, 1.54) is 44.5 Å². The van der Waals surface area contributed by atoms with Gasteiger partial charge in [0.25, 0.3) is 0 Å². The molecule has 0 saturated heterocycles. The van der Waals surface area contributed by atoms with E-state index in [9.17, 15) is 10.5 Å². The van der Waals surface area contributed by atoms with Crippen LogP contribution < -0.4 is 0 Å². The van der Waals surface area contributed by atoms with Gasteiger partial charge in [-0.05, 0) is 93.0 Å². The van der Waals surface area contributed by atoms with Crippen LogP contribution >= 0.6 is 0 Å². The van der Waals surface area contributed by atoms with Crippen LogP contribution in [0.2, 0.25) is 0 Å². The van der Waals surface area contributed by atoms with Crippen LogP contribution in [0.5, 0.6) is 0 Å². The molecule has 11 rings (SSSR count). The van der Waals surface area contributed by atoms with Crippen molar-refractivity contribution in [2.45, 2.75) is 38.5 Å². The maximum atomic E-state index is 11.3. The summed E-state index contributed by atoms with van der Waals surface area (Å²) in [5.74, 6) is 0. The second-order valence-electron chi connectivity index (χ2n) is 16.0. The van der Waals surface area contributed by atoms with E-state index in [2.05, 4.69) is 170 Å². The Morgan fingerprint density at radius 3 is 1.28 bits per heavy atom. The van der Waals surface area contributed by atoms with Crippen molar-refractivity contribution >= 4 is 43.6 Å². The largest absolute Gasteiger partial charge is 0.308 e. The second kappa shape index (κ2) is 10.4. The lowest BCUT2D eigenvalue weighted by molar-refractivity contribution is 0.661. The monoisotopic (exact) mass is 690 g/mol. The van der Waals surface area contributed by atoms with Crippen LogP contribution in [0.25, 0.3) is 77.2 Å². The molecule has 7 aromatic carbocycles. The quantitative estimate of drug-likeness (QED) is 0.181. The molecule has 0 bridgehead atoms. The number of rotatable bonds is 2. The van der Waals surface area contributed by atoms with E-state index in [-0.39, 0.29) is 10.8 Å². The van der Waals surface area contributed by atoms with Crippen molar-refractivity contribution in [2.24, 2.45) is 0 Å². The Kier molecular flexibility index (Phi) is 5.90. The molecule has 9 aromatic rings. The van der Waals surface area contributed by atoms with Gasteiger partial charge in [-0.2, -0.15) is 10.5 Å². The highest BCUT2D eigenvalue weighted by atomic mass is 15.0. The third-order valence-electron chi connectivity index (χ3n) is 12.6. The zero-order chi connectivity index (χ0) is 36.7. The lowest BCUT2D eigenvalue weighted by atomic mass is 9.82. The number of hydrogen-bond acceptors (Lipinski definition) is 2. The summed E-state index contributed by atoms with van der Waals surface area (Å²) in [4.78, 5) is 0. The molecule has 0 radical (unpaired) electrons. The van der Waals surface area contributed by atoms with Gasteiger partial charge < -0.3 is 9.13 Å². The number of nitrogens with zero attached hydrogens (tertiary/aromatic N) is 4. The fourth-order valence-electron chi connectivity index (χ4n) is 9.99. The van der Waals surface area contributed by atoms with E-state index in [0.717, 1.165) is 43.6 Å². The van der Waals surface area contributed by atoms with Gasteiger partial charge >= 0.3 is 0 Å². The average molecular weight is 691 g/mol. The molecule has 4 heteroatoms. The van der Waals surface area contributed by atoms with Crippen molar-refractivity contribution in [2.75, 3.05) is 0 Å². The van der Waals surface area contributed by atoms with Gasteiger partial charge in [-0.15, -0.1) is 0 Å². The lowest BCUT2D eigenvalue weighted by Crippen LogP contribution is -2.15. The molecule has 2 aromatic heterocycles. The molecule has 54 heavy (non-hydrogen) atoms. The maximum absolute atomic E-state index is 11.3. The molecule has 2 heterocycles. The zero-order valence-electron chi connectivity index (χ0n) is 30.5. The Morgan fingerprint density at radius 2 is 0.833 bits per heavy atom. The van der Waals surface area contributed by atoms with Crippen molar-refractivity contribution < 1.29 is 0 Å². The van der Waals surface area contributed by atoms with Gasteiger partial charge in [-0.25, -0.2) is 0 Å². The summed E-state index contributed by atoms with van der Waals surface area (Å²) >= 11 is 0. The number of hydrogen-bond donors (Lipinski definition) is 0. The van der Waals surface area contributed by atoms with Gasteiger partial charge in [0.05, 0.1) is 45.1 Å². The second-order valence-corrected chi connectivity index (χ2v) is 16.0. The molecule has 0 amide bonds. The molecule has 2 aliphatic carbocycles. The van der Waals surface area contributed by atoms with Crippen LogP contribution in [-0.2, 0) is 10.8 Å². The van der Waals surface area contributed by atoms with Crippen LogP contribution in [0, 0.1) is 22.7 Å². The highest BCUT2D eigenvalue weighted by Crippen LogP contribution is 2.53. The summed E-state index contributed by atoms with van der Waals surface area (Å²) in [5, 5.41) is 26.4. The van der Waals surface area contributed by atoms with Crippen LogP contribution in [-0.4, -0.2) is 9.13 Å². The minimum absolute atomic E-state index is 0.199. The van der Waals surface area contributed by atoms with E-state index in [1.807, 2.05) is 12.1 Å². The van der Waals surface area contributed by atoms with E-state index in [0.29, 0.717) is 22.5 Å². The molecule has 0 unspecified atom stereocenters. The number of para-hydroxylation sites is 2. The molecule has 0 fully saturated rings. The predicted molar refractivity (Wildman–Crippen MR) is 220 cm³/mol. The predicted octanol–water partition coefficient (Wildman–Crippen LogP) is 12.2. The first kappa shape index (κ1) is 30.7. The van der Waals surface area contributed by atoms with Crippen molar-refractivity contribution in [3.05, 3.63) is 167 Å². The summed E-state index contributed by atoms with van der Waals surface area (Å²) in [6.45, 7) is 9.18. The van der Waals surface area contributed by atoms with Crippen LogP contribution in [0.15, 0.2) is 133 Å². The summed E-state index contributed by atoms with van der Waals surface area (Å²) in [6, 6.07) is 52.5. The first-order valence-corrected chi connectivity index (χ1v) is 18.6. The van der Waals surface area contributed by atoms with Crippen LogP contribution in [0.3, 0.4) is 0 Å². The number of nitriles is 2. The van der Waals surface area contributed by atoms with E-state index < -0.39 is 0 Å². The minimum Gasteiger partial charge on any atom is -0.308 e. The molecular formula is C50H34N4. The number of aromatic nitrogens is 2. The first-order chi connectivity index (χ1) is 26.2.